The van der Waals surface area contributed by atoms with E-state index in [1.807, 2.05) is 6.07 Å². The van der Waals surface area contributed by atoms with Gasteiger partial charge in [0.1, 0.15) is 5.76 Å². The Balaban J connectivity index is 1.65. The molecule has 0 aliphatic carbocycles. The molecule has 0 radical (unpaired) electrons. The monoisotopic (exact) mass is 347 g/mol. The molecule has 0 fully saturated rings. The molecule has 2 amide bonds. The van der Waals surface area contributed by atoms with E-state index in [2.05, 4.69) is 15.6 Å². The molecule has 2 aromatic heterocycles. The van der Waals surface area contributed by atoms with Crippen LogP contribution < -0.4 is 10.6 Å². The molecule has 26 heavy (non-hydrogen) atoms. The molecule has 2 heterocycles. The molecule has 0 unspecified atom stereocenters. The van der Waals surface area contributed by atoms with Gasteiger partial charge in [-0.15, -0.1) is 0 Å². The Labute approximate surface area is 150 Å². The molecule has 3 aromatic rings. The molecule has 130 valence electrons. The number of hydrogen-bond donors (Lipinski definition) is 2. The topological polar surface area (TPSA) is 84.2 Å². The van der Waals surface area contributed by atoms with Crippen LogP contribution in [0.3, 0.4) is 0 Å². The Kier molecular flexibility index (Phi) is 5.57. The molecular formula is C20H17N3O3. The van der Waals surface area contributed by atoms with Crippen molar-refractivity contribution in [3.63, 3.8) is 0 Å². The summed E-state index contributed by atoms with van der Waals surface area (Å²) in [5, 5.41) is 5.53. The predicted octanol–water partition coefficient (Wildman–Crippen LogP) is 3.26. The summed E-state index contributed by atoms with van der Waals surface area (Å²) < 4.78 is 5.13. The molecule has 2 N–H and O–H groups in total. The van der Waals surface area contributed by atoms with E-state index in [0.717, 1.165) is 5.56 Å². The third-order valence-electron chi connectivity index (χ3n) is 3.55. The van der Waals surface area contributed by atoms with Gasteiger partial charge in [-0.3, -0.25) is 14.6 Å². The molecule has 1 aromatic carbocycles. The fraction of sp³-hybridized carbons (Fsp3) is 0.0500. The third kappa shape index (κ3) is 4.67. The first-order chi connectivity index (χ1) is 12.7. The van der Waals surface area contributed by atoms with Gasteiger partial charge in [0.15, 0.2) is 0 Å². The van der Waals surface area contributed by atoms with Crippen molar-refractivity contribution in [2.75, 3.05) is 5.32 Å². The lowest BCUT2D eigenvalue weighted by Crippen LogP contribution is -2.24. The number of carbonyl (C=O) groups is 2. The average molecular weight is 347 g/mol. The molecule has 0 saturated heterocycles. The highest BCUT2D eigenvalue weighted by Gasteiger charge is 2.12. The van der Waals surface area contributed by atoms with Crippen LogP contribution in [0.2, 0.25) is 0 Å². The van der Waals surface area contributed by atoms with E-state index in [0.29, 0.717) is 23.6 Å². The Bertz CT molecular complexity index is 903. The largest absolute Gasteiger partial charge is 0.465 e. The number of anilines is 1. The number of carbonyl (C=O) groups excluding carboxylic acids is 2. The van der Waals surface area contributed by atoms with Gasteiger partial charge in [-0.2, -0.15) is 0 Å². The van der Waals surface area contributed by atoms with Crippen molar-refractivity contribution in [2.45, 2.75) is 6.54 Å². The zero-order valence-electron chi connectivity index (χ0n) is 13.9. The summed E-state index contributed by atoms with van der Waals surface area (Å²) in [5.41, 5.74) is 1.71. The lowest BCUT2D eigenvalue weighted by atomic mass is 10.1. The quantitative estimate of drug-likeness (QED) is 0.670. The fourth-order valence-corrected chi connectivity index (χ4v) is 2.29. The molecule has 3 rings (SSSR count). The van der Waals surface area contributed by atoms with E-state index >= 15 is 0 Å². The smallest absolute Gasteiger partial charge is 0.253 e. The van der Waals surface area contributed by atoms with Crippen molar-refractivity contribution in [3.8, 4) is 0 Å². The molecule has 0 atom stereocenters. The maximum absolute atomic E-state index is 12.4. The van der Waals surface area contributed by atoms with Gasteiger partial charge in [0.2, 0.25) is 5.91 Å². The van der Waals surface area contributed by atoms with Crippen molar-refractivity contribution in [2.24, 2.45) is 0 Å². The van der Waals surface area contributed by atoms with E-state index < -0.39 is 0 Å². The van der Waals surface area contributed by atoms with Gasteiger partial charge in [-0.1, -0.05) is 18.2 Å². The molecule has 0 saturated carbocycles. The predicted molar refractivity (Wildman–Crippen MR) is 98.2 cm³/mol. The minimum absolute atomic E-state index is 0.278. The van der Waals surface area contributed by atoms with Crippen molar-refractivity contribution in [3.05, 3.63) is 90.2 Å². The first-order valence-electron chi connectivity index (χ1n) is 8.01. The van der Waals surface area contributed by atoms with Crippen LogP contribution >= 0.6 is 0 Å². The summed E-state index contributed by atoms with van der Waals surface area (Å²) in [6.45, 7) is 0.355. The summed E-state index contributed by atoms with van der Waals surface area (Å²) in [6, 6.07) is 14.0. The molecule has 0 aliphatic rings. The summed E-state index contributed by atoms with van der Waals surface area (Å²) in [7, 11) is 0. The maximum atomic E-state index is 12.4. The van der Waals surface area contributed by atoms with Gasteiger partial charge in [0, 0.05) is 25.0 Å². The third-order valence-corrected chi connectivity index (χ3v) is 3.55. The summed E-state index contributed by atoms with van der Waals surface area (Å²) in [6.07, 6.45) is 7.79. The molecule has 0 aliphatic heterocycles. The van der Waals surface area contributed by atoms with Crippen molar-refractivity contribution in [1.82, 2.24) is 10.3 Å². The zero-order chi connectivity index (χ0) is 18.2. The second kappa shape index (κ2) is 8.43. The normalized spacial score (nSPS) is 10.6. The second-order valence-corrected chi connectivity index (χ2v) is 5.43. The highest BCUT2D eigenvalue weighted by atomic mass is 16.3. The number of nitrogens with one attached hydrogen (secondary N) is 2. The number of nitrogens with zero attached hydrogens (tertiary/aromatic N) is 1. The van der Waals surface area contributed by atoms with Crippen molar-refractivity contribution >= 4 is 23.6 Å². The van der Waals surface area contributed by atoms with Crippen LogP contribution in [0.25, 0.3) is 6.08 Å². The van der Waals surface area contributed by atoms with Gasteiger partial charge in [0.25, 0.3) is 5.91 Å². The first kappa shape index (κ1) is 17.2. The van der Waals surface area contributed by atoms with Gasteiger partial charge < -0.3 is 15.1 Å². The van der Waals surface area contributed by atoms with E-state index in [1.165, 1.54) is 12.3 Å². The van der Waals surface area contributed by atoms with Crippen LogP contribution in [0.1, 0.15) is 21.7 Å². The number of para-hydroxylation sites is 1. The average Bonchev–Trinajstić information content (AvgIpc) is 3.19. The van der Waals surface area contributed by atoms with E-state index in [-0.39, 0.29) is 11.8 Å². The number of pyridine rings is 1. The summed E-state index contributed by atoms with van der Waals surface area (Å²) in [4.78, 5) is 28.5. The Morgan fingerprint density at radius 1 is 1.08 bits per heavy atom. The minimum atomic E-state index is -0.353. The number of amides is 2. The van der Waals surface area contributed by atoms with Gasteiger partial charge in [-0.05, 0) is 42.0 Å². The molecule has 6 heteroatoms. The molecule has 0 spiro atoms. The number of aromatic nitrogens is 1. The van der Waals surface area contributed by atoms with Crippen molar-refractivity contribution < 1.29 is 14.0 Å². The van der Waals surface area contributed by atoms with Crippen LogP contribution in [0.15, 0.2) is 77.7 Å². The number of furan rings is 1. The lowest BCUT2D eigenvalue weighted by molar-refractivity contribution is -0.111. The number of hydrogen-bond acceptors (Lipinski definition) is 4. The highest BCUT2D eigenvalue weighted by Crippen LogP contribution is 2.15. The lowest BCUT2D eigenvalue weighted by Gasteiger charge is -2.10. The SMILES string of the molecule is O=C(C=Cc1ccco1)Nc1ccccc1C(=O)NCc1cccnc1. The van der Waals surface area contributed by atoms with Crippen LogP contribution in [0.5, 0.6) is 0 Å². The number of benzene rings is 1. The molecule has 0 bridgehead atoms. The van der Waals surface area contributed by atoms with Gasteiger partial charge in [0.05, 0.1) is 17.5 Å². The fourth-order valence-electron chi connectivity index (χ4n) is 2.29. The van der Waals surface area contributed by atoms with Crippen LogP contribution in [0, 0.1) is 0 Å². The second-order valence-electron chi connectivity index (χ2n) is 5.43. The summed E-state index contributed by atoms with van der Waals surface area (Å²) >= 11 is 0. The molecule has 6 nitrogen and oxygen atoms in total. The molecular weight excluding hydrogens is 330 g/mol. The van der Waals surface area contributed by atoms with Gasteiger partial charge in [-0.25, -0.2) is 0 Å². The Hall–Kier alpha value is -3.67. The Morgan fingerprint density at radius 3 is 2.73 bits per heavy atom. The number of rotatable bonds is 6. The van der Waals surface area contributed by atoms with Crippen LogP contribution in [0.4, 0.5) is 5.69 Å². The maximum Gasteiger partial charge on any atom is 0.253 e. The van der Waals surface area contributed by atoms with Crippen molar-refractivity contribution in [1.29, 1.82) is 0 Å². The standard InChI is InChI=1S/C20H17N3O3/c24-19(10-9-16-6-4-12-26-16)23-18-8-2-1-7-17(18)20(25)22-14-15-5-3-11-21-13-15/h1-13H,14H2,(H,22,25)(H,23,24). The zero-order valence-corrected chi connectivity index (χ0v) is 13.9. The highest BCUT2D eigenvalue weighted by molar-refractivity contribution is 6.07. The van der Waals surface area contributed by atoms with Crippen LogP contribution in [-0.2, 0) is 11.3 Å². The van der Waals surface area contributed by atoms with E-state index in [4.69, 9.17) is 4.42 Å². The van der Waals surface area contributed by atoms with Gasteiger partial charge >= 0.3 is 0 Å². The Morgan fingerprint density at radius 2 is 1.96 bits per heavy atom. The van der Waals surface area contributed by atoms with Crippen LogP contribution in [-0.4, -0.2) is 16.8 Å². The minimum Gasteiger partial charge on any atom is -0.465 e. The first-order valence-corrected chi connectivity index (χ1v) is 8.01. The van der Waals surface area contributed by atoms with E-state index in [1.54, 1.807) is 60.9 Å². The van der Waals surface area contributed by atoms with E-state index in [9.17, 15) is 9.59 Å². The summed E-state index contributed by atoms with van der Waals surface area (Å²) in [5.74, 6) is -0.0590.